The second-order valence-corrected chi connectivity index (χ2v) is 8.09. The summed E-state index contributed by atoms with van der Waals surface area (Å²) in [5.41, 5.74) is 1.46. The number of fused-ring (bicyclic) bond motifs is 1. The van der Waals surface area contributed by atoms with Gasteiger partial charge in [0.05, 0.1) is 4.34 Å². The summed E-state index contributed by atoms with van der Waals surface area (Å²) in [7, 11) is 0. The number of nitrogens with one attached hydrogen (secondary N) is 1. The van der Waals surface area contributed by atoms with Gasteiger partial charge in [-0.2, -0.15) is 11.8 Å². The average Bonchev–Trinajstić information content (AvgIpc) is 2.71. The van der Waals surface area contributed by atoms with Gasteiger partial charge in [0.1, 0.15) is 0 Å². The molecule has 2 atom stereocenters. The molecule has 2 unspecified atom stereocenters. The summed E-state index contributed by atoms with van der Waals surface area (Å²) in [6, 6.07) is 3.30. The van der Waals surface area contributed by atoms with Gasteiger partial charge >= 0.3 is 0 Å². The van der Waals surface area contributed by atoms with Gasteiger partial charge in [0, 0.05) is 17.0 Å². The van der Waals surface area contributed by atoms with Crippen LogP contribution in [0.1, 0.15) is 49.6 Å². The predicted octanol–water partition coefficient (Wildman–Crippen LogP) is 4.90. The van der Waals surface area contributed by atoms with E-state index < -0.39 is 0 Å². The topological polar surface area (TPSA) is 12.0 Å². The number of rotatable bonds is 6. The lowest BCUT2D eigenvalue weighted by Gasteiger charge is -2.27. The number of hydrogen-bond acceptors (Lipinski definition) is 3. The lowest BCUT2D eigenvalue weighted by molar-refractivity contribution is 0.406. The standard InChI is InChI=1S/C14H22ClNS2/c1-3-17-8-7-10(2)16-12-5-4-6-13-11(12)9-14(15)18-13/h9-10,12,16H,3-8H2,1-2H3. The second-order valence-electron chi connectivity index (χ2n) is 4.93. The highest BCUT2D eigenvalue weighted by atomic mass is 35.5. The Bertz CT molecular complexity index is 378. The zero-order chi connectivity index (χ0) is 13.0. The minimum Gasteiger partial charge on any atom is -0.307 e. The van der Waals surface area contributed by atoms with Crippen molar-refractivity contribution in [2.45, 2.75) is 51.6 Å². The fraction of sp³-hybridized carbons (Fsp3) is 0.714. The molecule has 1 heterocycles. The molecule has 0 spiro atoms. The van der Waals surface area contributed by atoms with Gasteiger partial charge in [-0.3, -0.25) is 0 Å². The molecule has 0 fully saturated rings. The molecular weight excluding hydrogens is 282 g/mol. The monoisotopic (exact) mass is 303 g/mol. The van der Waals surface area contributed by atoms with Gasteiger partial charge in [-0.15, -0.1) is 11.3 Å². The minimum absolute atomic E-state index is 0.527. The molecule has 18 heavy (non-hydrogen) atoms. The highest BCUT2D eigenvalue weighted by molar-refractivity contribution is 7.99. The summed E-state index contributed by atoms with van der Waals surface area (Å²) in [6.45, 7) is 4.53. The smallest absolute Gasteiger partial charge is 0.0934 e. The van der Waals surface area contributed by atoms with E-state index in [1.807, 2.05) is 11.8 Å². The van der Waals surface area contributed by atoms with E-state index in [9.17, 15) is 0 Å². The van der Waals surface area contributed by atoms with Crippen LogP contribution >= 0.6 is 34.7 Å². The summed E-state index contributed by atoms with van der Waals surface area (Å²) in [4.78, 5) is 1.50. The fourth-order valence-corrected chi connectivity index (χ4v) is 4.72. The molecule has 2 rings (SSSR count). The maximum Gasteiger partial charge on any atom is 0.0934 e. The van der Waals surface area contributed by atoms with Crippen molar-refractivity contribution < 1.29 is 0 Å². The average molecular weight is 304 g/mol. The van der Waals surface area contributed by atoms with E-state index in [1.54, 1.807) is 11.3 Å². The van der Waals surface area contributed by atoms with Crippen LogP contribution in [0.5, 0.6) is 0 Å². The largest absolute Gasteiger partial charge is 0.307 e. The molecule has 102 valence electrons. The van der Waals surface area contributed by atoms with Gasteiger partial charge in [0.25, 0.3) is 0 Å². The number of hydrogen-bond donors (Lipinski definition) is 1. The molecule has 4 heteroatoms. The molecule has 1 aromatic heterocycles. The van der Waals surface area contributed by atoms with Gasteiger partial charge in [0.2, 0.25) is 0 Å². The first-order chi connectivity index (χ1) is 8.70. The van der Waals surface area contributed by atoms with Crippen molar-refractivity contribution in [3.63, 3.8) is 0 Å². The first-order valence-corrected chi connectivity index (χ1v) is 9.17. The van der Waals surface area contributed by atoms with Crippen LogP contribution in [0, 0.1) is 0 Å². The highest BCUT2D eigenvalue weighted by Gasteiger charge is 2.23. The summed E-state index contributed by atoms with van der Waals surface area (Å²) in [5.74, 6) is 2.48. The van der Waals surface area contributed by atoms with E-state index in [-0.39, 0.29) is 0 Å². The Morgan fingerprint density at radius 2 is 2.44 bits per heavy atom. The van der Waals surface area contributed by atoms with Crippen molar-refractivity contribution in [3.8, 4) is 0 Å². The van der Waals surface area contributed by atoms with Crippen molar-refractivity contribution in [2.75, 3.05) is 11.5 Å². The SMILES string of the molecule is CCSCCC(C)NC1CCCc2sc(Cl)cc21. The van der Waals surface area contributed by atoms with Crippen LogP contribution in [0.4, 0.5) is 0 Å². The van der Waals surface area contributed by atoms with Crippen molar-refractivity contribution in [2.24, 2.45) is 0 Å². The second kappa shape index (κ2) is 7.18. The van der Waals surface area contributed by atoms with Crippen LogP contribution in [0.2, 0.25) is 4.34 Å². The Labute approximate surface area is 124 Å². The quantitative estimate of drug-likeness (QED) is 0.750. The Morgan fingerprint density at radius 3 is 3.22 bits per heavy atom. The summed E-state index contributed by atoms with van der Waals surface area (Å²) in [5, 5.41) is 3.78. The summed E-state index contributed by atoms with van der Waals surface area (Å²) in [6.07, 6.45) is 5.01. The normalized spacial score (nSPS) is 20.7. The number of halogens is 1. The van der Waals surface area contributed by atoms with Crippen molar-refractivity contribution in [1.29, 1.82) is 0 Å². The lowest BCUT2D eigenvalue weighted by atomic mass is 9.93. The predicted molar refractivity (Wildman–Crippen MR) is 85.2 cm³/mol. The number of aryl methyl sites for hydroxylation is 1. The molecule has 0 bridgehead atoms. The van der Waals surface area contributed by atoms with E-state index in [0.29, 0.717) is 12.1 Å². The van der Waals surface area contributed by atoms with Crippen LogP contribution in [-0.2, 0) is 6.42 Å². The van der Waals surface area contributed by atoms with E-state index in [1.165, 1.54) is 47.6 Å². The van der Waals surface area contributed by atoms with E-state index in [4.69, 9.17) is 11.6 Å². The van der Waals surface area contributed by atoms with E-state index in [0.717, 1.165) is 4.34 Å². The molecule has 0 saturated heterocycles. The molecule has 0 saturated carbocycles. The molecule has 1 N–H and O–H groups in total. The third kappa shape index (κ3) is 3.89. The van der Waals surface area contributed by atoms with E-state index in [2.05, 4.69) is 25.2 Å². The highest BCUT2D eigenvalue weighted by Crippen LogP contribution is 2.38. The fourth-order valence-electron chi connectivity index (χ4n) is 2.53. The van der Waals surface area contributed by atoms with Gasteiger partial charge < -0.3 is 5.32 Å². The van der Waals surface area contributed by atoms with Gasteiger partial charge in [0.15, 0.2) is 0 Å². The molecule has 1 aromatic rings. The first-order valence-electron chi connectivity index (χ1n) is 6.82. The van der Waals surface area contributed by atoms with Crippen LogP contribution < -0.4 is 5.32 Å². The molecule has 1 aliphatic rings. The minimum atomic E-state index is 0.527. The Hall–Kier alpha value is 0.300. The third-order valence-corrected chi connectivity index (χ3v) is 5.74. The first kappa shape index (κ1) is 14.7. The van der Waals surface area contributed by atoms with Gasteiger partial charge in [-0.25, -0.2) is 0 Å². The van der Waals surface area contributed by atoms with Gasteiger partial charge in [-0.1, -0.05) is 18.5 Å². The molecule has 1 nitrogen and oxygen atoms in total. The third-order valence-electron chi connectivity index (χ3n) is 3.47. The van der Waals surface area contributed by atoms with Crippen molar-refractivity contribution in [1.82, 2.24) is 5.32 Å². The summed E-state index contributed by atoms with van der Waals surface area (Å²) < 4.78 is 0.947. The Kier molecular flexibility index (Phi) is 5.87. The maximum atomic E-state index is 6.14. The maximum absolute atomic E-state index is 6.14. The summed E-state index contributed by atoms with van der Waals surface area (Å²) >= 11 is 9.94. The van der Waals surface area contributed by atoms with Crippen LogP contribution in [-0.4, -0.2) is 17.5 Å². The molecule has 0 radical (unpaired) electrons. The number of thiophene rings is 1. The lowest BCUT2D eigenvalue weighted by Crippen LogP contribution is -2.32. The van der Waals surface area contributed by atoms with Gasteiger partial charge in [-0.05, 0) is 55.7 Å². The van der Waals surface area contributed by atoms with Crippen molar-refractivity contribution >= 4 is 34.7 Å². The van der Waals surface area contributed by atoms with Crippen LogP contribution in [0.25, 0.3) is 0 Å². The zero-order valence-electron chi connectivity index (χ0n) is 11.2. The molecule has 0 amide bonds. The molecule has 1 aliphatic carbocycles. The zero-order valence-corrected chi connectivity index (χ0v) is 13.6. The Morgan fingerprint density at radius 1 is 1.61 bits per heavy atom. The van der Waals surface area contributed by atoms with Crippen molar-refractivity contribution in [3.05, 3.63) is 20.8 Å². The molecule has 0 aromatic carbocycles. The molecule has 0 aliphatic heterocycles. The van der Waals surface area contributed by atoms with E-state index >= 15 is 0 Å². The molecular formula is C14H22ClNS2. The van der Waals surface area contributed by atoms with Crippen LogP contribution in [0.3, 0.4) is 0 Å². The Balaban J connectivity index is 1.90. The number of thioether (sulfide) groups is 1. The van der Waals surface area contributed by atoms with Crippen LogP contribution in [0.15, 0.2) is 6.07 Å².